The number of nitrogens with one attached hydrogen (secondary N) is 1. The molecule has 0 bridgehead atoms. The van der Waals surface area contributed by atoms with Gasteiger partial charge in [0.2, 0.25) is 5.91 Å². The van der Waals surface area contributed by atoms with E-state index in [4.69, 9.17) is 23.2 Å². The largest absolute Gasteiger partial charge is 0.353 e. The fourth-order valence-corrected chi connectivity index (χ4v) is 3.32. The molecule has 0 saturated carbocycles. The lowest BCUT2D eigenvalue weighted by atomic mass is 10.0. The smallest absolute Gasteiger partial charge is 0.253 e. The van der Waals surface area contributed by atoms with Crippen molar-refractivity contribution in [1.82, 2.24) is 10.2 Å². The minimum Gasteiger partial charge on any atom is -0.353 e. The van der Waals surface area contributed by atoms with Gasteiger partial charge in [-0.2, -0.15) is 0 Å². The molecule has 3 rings (SSSR count). The van der Waals surface area contributed by atoms with Crippen LogP contribution in [0.1, 0.15) is 28.8 Å². The van der Waals surface area contributed by atoms with Crippen molar-refractivity contribution >= 4 is 35.0 Å². The van der Waals surface area contributed by atoms with E-state index in [-0.39, 0.29) is 17.9 Å². The van der Waals surface area contributed by atoms with E-state index in [1.807, 2.05) is 17.0 Å². The Balaban J connectivity index is 1.47. The van der Waals surface area contributed by atoms with Gasteiger partial charge in [-0.1, -0.05) is 35.3 Å². The molecule has 1 N–H and O–H groups in total. The Morgan fingerprint density at radius 2 is 1.46 bits per heavy atom. The molecule has 1 aliphatic heterocycles. The highest BCUT2D eigenvalue weighted by molar-refractivity contribution is 6.30. The van der Waals surface area contributed by atoms with Crippen LogP contribution in [-0.2, 0) is 11.2 Å². The highest BCUT2D eigenvalue weighted by Gasteiger charge is 2.24. The molecule has 6 heteroatoms. The Morgan fingerprint density at radius 1 is 0.923 bits per heavy atom. The van der Waals surface area contributed by atoms with Crippen LogP contribution < -0.4 is 5.32 Å². The predicted molar refractivity (Wildman–Crippen MR) is 104 cm³/mol. The number of amides is 2. The number of hydrogen-bond donors (Lipinski definition) is 1. The first-order valence-electron chi connectivity index (χ1n) is 8.60. The van der Waals surface area contributed by atoms with E-state index in [0.717, 1.165) is 18.4 Å². The van der Waals surface area contributed by atoms with E-state index >= 15 is 0 Å². The monoisotopic (exact) mass is 390 g/mol. The van der Waals surface area contributed by atoms with E-state index < -0.39 is 0 Å². The normalized spacial score (nSPS) is 14.9. The zero-order chi connectivity index (χ0) is 18.5. The molecule has 0 aromatic heterocycles. The maximum absolute atomic E-state index is 12.5. The molecule has 1 heterocycles. The molecule has 26 heavy (non-hydrogen) atoms. The summed E-state index contributed by atoms with van der Waals surface area (Å²) in [4.78, 5) is 26.5. The van der Waals surface area contributed by atoms with Crippen LogP contribution in [0.25, 0.3) is 0 Å². The quantitative estimate of drug-likeness (QED) is 0.858. The van der Waals surface area contributed by atoms with E-state index in [1.165, 1.54) is 0 Å². The van der Waals surface area contributed by atoms with Gasteiger partial charge in [0, 0.05) is 34.7 Å². The second-order valence-corrected chi connectivity index (χ2v) is 7.32. The lowest BCUT2D eigenvalue weighted by molar-refractivity contribution is -0.121. The summed E-state index contributed by atoms with van der Waals surface area (Å²) in [7, 11) is 0. The number of halogens is 2. The molecule has 1 aliphatic rings. The van der Waals surface area contributed by atoms with Gasteiger partial charge in [0.05, 0.1) is 6.42 Å². The Kier molecular flexibility index (Phi) is 6.17. The third kappa shape index (κ3) is 4.99. The van der Waals surface area contributed by atoms with E-state index in [0.29, 0.717) is 35.1 Å². The van der Waals surface area contributed by atoms with Crippen LogP contribution in [0.2, 0.25) is 10.0 Å². The summed E-state index contributed by atoms with van der Waals surface area (Å²) in [5.74, 6) is 0.00223. The molecule has 0 radical (unpaired) electrons. The lowest BCUT2D eigenvalue weighted by Gasteiger charge is -2.32. The molecule has 4 nitrogen and oxygen atoms in total. The van der Waals surface area contributed by atoms with Crippen molar-refractivity contribution in [1.29, 1.82) is 0 Å². The van der Waals surface area contributed by atoms with Crippen molar-refractivity contribution in [3.63, 3.8) is 0 Å². The topological polar surface area (TPSA) is 49.4 Å². The SMILES string of the molecule is O=C(Cc1ccc(Cl)cc1)NC1CCN(C(=O)c2ccc(Cl)cc2)CC1. The molecule has 2 aromatic rings. The standard InChI is InChI=1S/C20H20Cl2N2O2/c21-16-5-1-14(2-6-16)13-19(25)23-18-9-11-24(12-10-18)20(26)15-3-7-17(22)8-4-15/h1-8,18H,9-13H2,(H,23,25). The van der Waals surface area contributed by atoms with E-state index in [9.17, 15) is 9.59 Å². The third-order valence-corrected chi connectivity index (χ3v) is 5.02. The number of likely N-dealkylation sites (tertiary alicyclic amines) is 1. The number of rotatable bonds is 4. The fourth-order valence-electron chi connectivity index (χ4n) is 3.07. The molecule has 2 aromatic carbocycles. The molecular weight excluding hydrogens is 371 g/mol. The minimum absolute atomic E-state index is 0.00481. The van der Waals surface area contributed by atoms with Gasteiger partial charge in [0.15, 0.2) is 0 Å². The molecule has 1 fully saturated rings. The Hall–Kier alpha value is -2.04. The van der Waals surface area contributed by atoms with Gasteiger partial charge in [-0.3, -0.25) is 9.59 Å². The van der Waals surface area contributed by atoms with Gasteiger partial charge < -0.3 is 10.2 Å². The number of nitrogens with zero attached hydrogens (tertiary/aromatic N) is 1. The van der Waals surface area contributed by atoms with Crippen molar-refractivity contribution in [3.8, 4) is 0 Å². The number of piperidine rings is 1. The summed E-state index contributed by atoms with van der Waals surface area (Å²) in [6.45, 7) is 1.26. The van der Waals surface area contributed by atoms with Gasteiger partial charge in [0.1, 0.15) is 0 Å². The second kappa shape index (κ2) is 8.56. The number of carbonyl (C=O) groups excluding carboxylic acids is 2. The van der Waals surface area contributed by atoms with Crippen LogP contribution in [0.3, 0.4) is 0 Å². The molecule has 1 saturated heterocycles. The van der Waals surface area contributed by atoms with Gasteiger partial charge in [0.25, 0.3) is 5.91 Å². The van der Waals surface area contributed by atoms with Crippen LogP contribution >= 0.6 is 23.2 Å². The summed E-state index contributed by atoms with van der Waals surface area (Å²) in [5.41, 5.74) is 1.57. The van der Waals surface area contributed by atoms with Gasteiger partial charge in [-0.05, 0) is 54.8 Å². The predicted octanol–water partition coefficient (Wildman–Crippen LogP) is 3.96. The molecule has 0 unspecified atom stereocenters. The molecule has 136 valence electrons. The Labute approximate surface area is 163 Å². The Bertz CT molecular complexity index is 767. The van der Waals surface area contributed by atoms with E-state index in [1.54, 1.807) is 36.4 Å². The first-order valence-corrected chi connectivity index (χ1v) is 9.35. The van der Waals surface area contributed by atoms with Crippen molar-refractivity contribution in [3.05, 3.63) is 69.7 Å². The van der Waals surface area contributed by atoms with Crippen LogP contribution in [-0.4, -0.2) is 35.8 Å². The maximum Gasteiger partial charge on any atom is 0.253 e. The van der Waals surface area contributed by atoms with Crippen molar-refractivity contribution in [2.45, 2.75) is 25.3 Å². The summed E-state index contributed by atoms with van der Waals surface area (Å²) >= 11 is 11.7. The summed E-state index contributed by atoms with van der Waals surface area (Å²) < 4.78 is 0. The average Bonchev–Trinajstić information content (AvgIpc) is 2.64. The zero-order valence-electron chi connectivity index (χ0n) is 14.3. The average molecular weight is 391 g/mol. The summed E-state index contributed by atoms with van der Waals surface area (Å²) in [5, 5.41) is 4.33. The van der Waals surface area contributed by atoms with Crippen LogP contribution in [0.4, 0.5) is 0 Å². The molecule has 0 aliphatic carbocycles. The Morgan fingerprint density at radius 3 is 2.04 bits per heavy atom. The van der Waals surface area contributed by atoms with Gasteiger partial charge >= 0.3 is 0 Å². The van der Waals surface area contributed by atoms with Gasteiger partial charge in [-0.15, -0.1) is 0 Å². The zero-order valence-corrected chi connectivity index (χ0v) is 15.8. The molecule has 0 spiro atoms. The minimum atomic E-state index is -0.00481. The number of benzene rings is 2. The maximum atomic E-state index is 12.5. The highest BCUT2D eigenvalue weighted by Crippen LogP contribution is 2.16. The molecular formula is C20H20Cl2N2O2. The lowest BCUT2D eigenvalue weighted by Crippen LogP contribution is -2.46. The third-order valence-electron chi connectivity index (χ3n) is 4.52. The van der Waals surface area contributed by atoms with Crippen LogP contribution in [0.15, 0.2) is 48.5 Å². The van der Waals surface area contributed by atoms with E-state index in [2.05, 4.69) is 5.32 Å². The summed E-state index contributed by atoms with van der Waals surface area (Å²) in [6, 6.07) is 14.3. The number of hydrogen-bond acceptors (Lipinski definition) is 2. The van der Waals surface area contributed by atoms with Crippen molar-refractivity contribution < 1.29 is 9.59 Å². The van der Waals surface area contributed by atoms with Gasteiger partial charge in [-0.25, -0.2) is 0 Å². The second-order valence-electron chi connectivity index (χ2n) is 6.44. The molecule has 0 atom stereocenters. The highest BCUT2D eigenvalue weighted by atomic mass is 35.5. The number of carbonyl (C=O) groups is 2. The van der Waals surface area contributed by atoms with Crippen LogP contribution in [0.5, 0.6) is 0 Å². The summed E-state index contributed by atoms with van der Waals surface area (Å²) in [6.07, 6.45) is 1.85. The van der Waals surface area contributed by atoms with Crippen LogP contribution in [0, 0.1) is 0 Å². The van der Waals surface area contributed by atoms with Crippen molar-refractivity contribution in [2.75, 3.05) is 13.1 Å². The first kappa shape index (κ1) is 18.7. The first-order chi connectivity index (χ1) is 12.5. The molecule has 2 amide bonds. The van der Waals surface area contributed by atoms with Crippen molar-refractivity contribution in [2.24, 2.45) is 0 Å². The fraction of sp³-hybridized carbons (Fsp3) is 0.300.